The molecule has 3 N–H and O–H groups in total. The van der Waals surface area contributed by atoms with Gasteiger partial charge in [0, 0.05) is 55.8 Å². The molecule has 4 aliphatic heterocycles. The van der Waals surface area contributed by atoms with Gasteiger partial charge in [-0.3, -0.25) is 39.0 Å². The number of halogens is 1. The molecule has 16 nitrogen and oxygen atoms in total. The number of carbonyl (C=O) groups is 5. The number of aromatic nitrogens is 2. The first kappa shape index (κ1) is 43.4. The van der Waals surface area contributed by atoms with Crippen LogP contribution in [0.3, 0.4) is 0 Å². The molecule has 1 saturated carbocycles. The van der Waals surface area contributed by atoms with Gasteiger partial charge in [-0.2, -0.15) is 0 Å². The van der Waals surface area contributed by atoms with E-state index in [9.17, 15) is 28.8 Å². The van der Waals surface area contributed by atoms with Crippen molar-refractivity contribution in [2.45, 2.75) is 101 Å². The number of fused-ring (bicyclic) bond motifs is 2. The van der Waals surface area contributed by atoms with Gasteiger partial charge in [-0.25, -0.2) is 4.98 Å². The van der Waals surface area contributed by atoms with E-state index in [1.165, 1.54) is 7.05 Å². The lowest BCUT2D eigenvalue weighted by atomic mass is 9.83. The summed E-state index contributed by atoms with van der Waals surface area (Å²) in [5, 5.41) is 9.45. The number of likely N-dealkylation sites (N-methyl/N-ethyl adjacent to an activating group) is 1. The summed E-state index contributed by atoms with van der Waals surface area (Å²) in [6.07, 6.45) is 8.05. The Hall–Kier alpha value is -5.84. The minimum absolute atomic E-state index is 0.0940. The second kappa shape index (κ2) is 18.0. The Morgan fingerprint density at radius 1 is 0.891 bits per heavy atom. The number of piperidine rings is 3. The van der Waals surface area contributed by atoms with Crippen molar-refractivity contribution >= 4 is 69.2 Å². The van der Waals surface area contributed by atoms with Gasteiger partial charge in [0.05, 0.1) is 45.8 Å². The zero-order chi connectivity index (χ0) is 44.8. The fourth-order valence-electron chi connectivity index (χ4n) is 9.86. The second-order valence-electron chi connectivity index (χ2n) is 17.8. The number of hydrogen-bond donors (Lipinski definition) is 3. The predicted molar refractivity (Wildman–Crippen MR) is 240 cm³/mol. The number of imide groups is 2. The normalized spacial score (nSPS) is 22.2. The van der Waals surface area contributed by atoms with Crippen LogP contribution in [0.25, 0.3) is 10.9 Å². The van der Waals surface area contributed by atoms with Gasteiger partial charge in [-0.05, 0) is 120 Å². The SMILES string of the molecule is CNC(=O)COc1cc2cc(Nc3cc(N4CCC(O[C@H]5C[C@H](N6CCC(c7ccc8c(c7)C(=O)N(C7CCC(=O)NC7=O)C8=O)CC6)C5)CC4)ncc3Cl)ccc2n(C(C)C)c1=O. The van der Waals surface area contributed by atoms with Crippen molar-refractivity contribution in [2.24, 2.45) is 0 Å². The molecular weight excluding hydrogens is 840 g/mol. The zero-order valence-corrected chi connectivity index (χ0v) is 37.0. The Balaban J connectivity index is 0.745. The van der Waals surface area contributed by atoms with Gasteiger partial charge >= 0.3 is 0 Å². The molecule has 2 aromatic carbocycles. The van der Waals surface area contributed by atoms with Gasteiger partial charge in [-0.1, -0.05) is 17.7 Å². The highest BCUT2D eigenvalue weighted by Crippen LogP contribution is 2.38. The monoisotopic (exact) mass is 892 g/mol. The Kier molecular flexibility index (Phi) is 12.2. The average molecular weight is 893 g/mol. The fourth-order valence-corrected chi connectivity index (χ4v) is 10.0. The molecule has 3 saturated heterocycles. The van der Waals surface area contributed by atoms with Gasteiger partial charge in [0.2, 0.25) is 11.8 Å². The van der Waals surface area contributed by atoms with E-state index in [-0.39, 0.29) is 66.7 Å². The van der Waals surface area contributed by atoms with Crippen LogP contribution in [0.1, 0.15) is 103 Å². The van der Waals surface area contributed by atoms with Gasteiger partial charge < -0.3 is 34.5 Å². The minimum Gasteiger partial charge on any atom is -0.478 e. The topological polar surface area (TPSA) is 185 Å². The third-order valence-electron chi connectivity index (χ3n) is 13.5. The molecule has 336 valence electrons. The van der Waals surface area contributed by atoms with Crippen molar-refractivity contribution in [1.82, 2.24) is 30.0 Å². The molecule has 64 heavy (non-hydrogen) atoms. The molecule has 2 aromatic heterocycles. The number of nitrogens with zero attached hydrogens (tertiary/aromatic N) is 5. The Morgan fingerprint density at radius 2 is 1.64 bits per heavy atom. The summed E-state index contributed by atoms with van der Waals surface area (Å²) < 4.78 is 13.9. The number of benzene rings is 2. The van der Waals surface area contributed by atoms with Crippen LogP contribution in [-0.2, 0) is 19.1 Å². The quantitative estimate of drug-likeness (QED) is 0.156. The largest absolute Gasteiger partial charge is 0.478 e. The molecule has 0 radical (unpaired) electrons. The summed E-state index contributed by atoms with van der Waals surface area (Å²) in [6.45, 7) is 7.12. The van der Waals surface area contributed by atoms with E-state index in [4.69, 9.17) is 21.1 Å². The van der Waals surface area contributed by atoms with E-state index in [1.807, 2.05) is 50.2 Å². The van der Waals surface area contributed by atoms with E-state index in [2.05, 4.69) is 30.7 Å². The summed E-state index contributed by atoms with van der Waals surface area (Å²) in [5.74, 6) is -1.06. The summed E-state index contributed by atoms with van der Waals surface area (Å²) in [4.78, 5) is 86.3. The third-order valence-corrected chi connectivity index (χ3v) is 13.8. The van der Waals surface area contributed by atoms with Crippen LogP contribution < -0.4 is 31.1 Å². The lowest BCUT2D eigenvalue weighted by molar-refractivity contribution is -0.136. The molecule has 17 heteroatoms. The zero-order valence-electron chi connectivity index (χ0n) is 36.2. The van der Waals surface area contributed by atoms with E-state index in [1.54, 1.807) is 22.9 Å². The van der Waals surface area contributed by atoms with Crippen molar-refractivity contribution in [1.29, 1.82) is 0 Å². The molecule has 4 fully saturated rings. The summed E-state index contributed by atoms with van der Waals surface area (Å²) >= 11 is 6.66. The Bertz CT molecular complexity index is 2580. The van der Waals surface area contributed by atoms with Crippen molar-refractivity contribution in [3.8, 4) is 5.75 Å². The van der Waals surface area contributed by atoms with Crippen LogP contribution in [0.5, 0.6) is 5.75 Å². The predicted octanol–water partition coefficient (Wildman–Crippen LogP) is 5.30. The number of pyridine rings is 2. The maximum Gasteiger partial charge on any atom is 0.293 e. The molecule has 1 aliphatic carbocycles. The van der Waals surface area contributed by atoms with Gasteiger partial charge in [0.15, 0.2) is 12.4 Å². The fraction of sp³-hybridized carbons (Fsp3) is 0.468. The molecule has 5 amide bonds. The number of likely N-dealkylation sites (tertiary alicyclic amines) is 1. The number of amides is 5. The van der Waals surface area contributed by atoms with Crippen molar-refractivity contribution in [3.05, 3.63) is 86.8 Å². The van der Waals surface area contributed by atoms with E-state index in [0.29, 0.717) is 27.9 Å². The molecule has 9 rings (SSSR count). The molecule has 4 aromatic rings. The van der Waals surface area contributed by atoms with E-state index in [0.717, 1.165) is 97.6 Å². The van der Waals surface area contributed by atoms with E-state index < -0.39 is 23.8 Å². The lowest BCUT2D eigenvalue weighted by Gasteiger charge is -2.47. The number of carbonyl (C=O) groups excluding carboxylic acids is 5. The van der Waals surface area contributed by atoms with Crippen molar-refractivity contribution < 1.29 is 33.4 Å². The molecule has 0 bridgehead atoms. The van der Waals surface area contributed by atoms with Crippen molar-refractivity contribution in [3.63, 3.8) is 0 Å². The average Bonchev–Trinajstić information content (AvgIpc) is 3.52. The van der Waals surface area contributed by atoms with Crippen LogP contribution in [0.4, 0.5) is 17.2 Å². The number of rotatable bonds is 12. The van der Waals surface area contributed by atoms with Crippen LogP contribution in [0.15, 0.2) is 59.5 Å². The lowest BCUT2D eigenvalue weighted by Crippen LogP contribution is -2.54. The summed E-state index contributed by atoms with van der Waals surface area (Å²) in [7, 11) is 1.52. The standard InChI is InChI=1S/C47H53ClN8O8/c1-26(2)55-38-7-5-30(18-29(38)20-40(47(55)62)63-25-43(58)49-3)51-37-23-41(50-24-36(37)48)54-16-12-32(13-17-54)64-33-21-31(22-33)53-14-10-27(11-15-53)28-4-6-34-35(19-28)46(61)56(45(34)60)39-8-9-42(57)52-44(39)59/h4-7,18-20,23-24,26-27,31-33,39H,8-17,21-22,25H2,1-3H3,(H,49,58)(H,50,51)(H,52,57,59)/t31-,33-,39?. The third kappa shape index (κ3) is 8.58. The number of ether oxygens (including phenoxy) is 2. The number of hydrogen-bond acceptors (Lipinski definition) is 12. The van der Waals surface area contributed by atoms with Gasteiger partial charge in [-0.15, -0.1) is 0 Å². The number of nitrogens with one attached hydrogen (secondary N) is 3. The second-order valence-corrected chi connectivity index (χ2v) is 18.2. The van der Waals surface area contributed by atoms with Crippen LogP contribution >= 0.6 is 11.6 Å². The van der Waals surface area contributed by atoms with Gasteiger partial charge in [0.1, 0.15) is 11.9 Å². The molecular formula is C47H53ClN8O8. The first-order valence-electron chi connectivity index (χ1n) is 22.3. The summed E-state index contributed by atoms with van der Waals surface area (Å²) in [5.41, 5.74) is 3.62. The van der Waals surface area contributed by atoms with Gasteiger partial charge in [0.25, 0.3) is 23.3 Å². The van der Waals surface area contributed by atoms with E-state index >= 15 is 0 Å². The smallest absolute Gasteiger partial charge is 0.293 e. The molecule has 5 aliphatic rings. The highest BCUT2D eigenvalue weighted by molar-refractivity contribution is 6.33. The van der Waals surface area contributed by atoms with Crippen molar-refractivity contribution in [2.75, 3.05) is 50.1 Å². The maximum atomic E-state index is 13.4. The summed E-state index contributed by atoms with van der Waals surface area (Å²) in [6, 6.07) is 14.2. The first-order chi connectivity index (χ1) is 30.8. The number of anilines is 3. The minimum atomic E-state index is -0.967. The Labute approximate surface area is 375 Å². The van der Waals surface area contributed by atoms with Crippen LogP contribution in [0.2, 0.25) is 5.02 Å². The molecule has 6 heterocycles. The first-order valence-corrected chi connectivity index (χ1v) is 22.7. The highest BCUT2D eigenvalue weighted by atomic mass is 35.5. The Morgan fingerprint density at radius 3 is 2.36 bits per heavy atom. The molecule has 1 unspecified atom stereocenters. The highest BCUT2D eigenvalue weighted by Gasteiger charge is 2.45. The van der Waals surface area contributed by atoms with Crippen LogP contribution in [0, 0.1) is 0 Å². The molecule has 1 atom stereocenters. The maximum absolute atomic E-state index is 13.4. The van der Waals surface area contributed by atoms with Crippen LogP contribution in [-0.4, -0.2) is 113 Å². The molecule has 0 spiro atoms.